The predicted octanol–water partition coefficient (Wildman–Crippen LogP) is 3.32. The number of carbonyl (C=O) groups is 2. The summed E-state index contributed by atoms with van der Waals surface area (Å²) in [6.45, 7) is 10.1. The number of esters is 2. The summed E-state index contributed by atoms with van der Waals surface area (Å²) in [7, 11) is 1.43. The maximum Gasteiger partial charge on any atom is 0.334 e. The van der Waals surface area contributed by atoms with Crippen molar-refractivity contribution in [2.75, 3.05) is 7.11 Å². The second-order valence-corrected chi connectivity index (χ2v) is 9.69. The van der Waals surface area contributed by atoms with E-state index in [1.54, 1.807) is 0 Å². The highest BCUT2D eigenvalue weighted by atomic mass is 16.6. The van der Waals surface area contributed by atoms with E-state index in [4.69, 9.17) is 18.9 Å². The molecular formula is C22H32O6. The van der Waals surface area contributed by atoms with Crippen molar-refractivity contribution in [1.29, 1.82) is 0 Å². The Morgan fingerprint density at radius 1 is 1.00 bits per heavy atom. The third-order valence-electron chi connectivity index (χ3n) is 7.75. The Bertz CT molecular complexity index is 703. The first kappa shape index (κ1) is 19.9. The summed E-state index contributed by atoms with van der Waals surface area (Å²) in [4.78, 5) is 25.4. The molecule has 4 saturated heterocycles. The van der Waals surface area contributed by atoms with Crippen LogP contribution in [-0.4, -0.2) is 48.1 Å². The summed E-state index contributed by atoms with van der Waals surface area (Å²) < 4.78 is 23.6. The van der Waals surface area contributed by atoms with Gasteiger partial charge in [0.25, 0.3) is 0 Å². The molecule has 0 aromatic rings. The molecule has 6 heteroatoms. The highest BCUT2D eigenvalue weighted by Gasteiger charge is 2.58. The van der Waals surface area contributed by atoms with Gasteiger partial charge in [0.05, 0.1) is 36.4 Å². The fourth-order valence-corrected chi connectivity index (χ4v) is 5.48. The zero-order chi connectivity index (χ0) is 20.3. The molecule has 156 valence electrons. The molecular weight excluding hydrogens is 360 g/mol. The highest BCUT2D eigenvalue weighted by molar-refractivity contribution is 5.89. The van der Waals surface area contributed by atoms with Crippen LogP contribution < -0.4 is 0 Å². The molecule has 0 aliphatic carbocycles. The maximum atomic E-state index is 12.7. The van der Waals surface area contributed by atoms with Crippen molar-refractivity contribution in [2.24, 2.45) is 11.8 Å². The van der Waals surface area contributed by atoms with Gasteiger partial charge in [-0.1, -0.05) is 6.58 Å². The molecule has 4 bridgehead atoms. The van der Waals surface area contributed by atoms with E-state index in [0.29, 0.717) is 12.0 Å². The fraction of sp³-hybridized carbons (Fsp3) is 0.818. The lowest BCUT2D eigenvalue weighted by molar-refractivity contribution is -0.187. The number of carbonyl (C=O) groups excluding carboxylic acids is 2. The number of methoxy groups -OCH3 is 1. The highest BCUT2D eigenvalue weighted by Crippen LogP contribution is 2.51. The van der Waals surface area contributed by atoms with Gasteiger partial charge in [0.2, 0.25) is 0 Å². The van der Waals surface area contributed by atoms with E-state index >= 15 is 0 Å². The zero-order valence-electron chi connectivity index (χ0n) is 17.4. The van der Waals surface area contributed by atoms with Crippen LogP contribution in [0.15, 0.2) is 12.2 Å². The van der Waals surface area contributed by atoms with Crippen LogP contribution in [0.2, 0.25) is 0 Å². The van der Waals surface area contributed by atoms with Crippen LogP contribution in [0.5, 0.6) is 0 Å². The van der Waals surface area contributed by atoms with Crippen molar-refractivity contribution in [3.8, 4) is 0 Å². The van der Waals surface area contributed by atoms with Crippen molar-refractivity contribution in [2.45, 2.75) is 94.7 Å². The molecule has 4 rings (SSSR count). The molecule has 0 unspecified atom stereocenters. The van der Waals surface area contributed by atoms with E-state index < -0.39 is 11.2 Å². The third kappa shape index (κ3) is 3.18. The molecule has 4 aliphatic rings. The van der Waals surface area contributed by atoms with Crippen LogP contribution in [0, 0.1) is 11.8 Å². The molecule has 0 aromatic heterocycles. The van der Waals surface area contributed by atoms with Gasteiger partial charge >= 0.3 is 11.9 Å². The Kier molecular flexibility index (Phi) is 4.66. The third-order valence-corrected chi connectivity index (χ3v) is 7.75. The average Bonchev–Trinajstić information content (AvgIpc) is 3.12. The summed E-state index contributed by atoms with van der Waals surface area (Å²) >= 11 is 0. The summed E-state index contributed by atoms with van der Waals surface area (Å²) in [6, 6.07) is 0. The number of hydrogen-bond acceptors (Lipinski definition) is 6. The smallest absolute Gasteiger partial charge is 0.334 e. The number of ether oxygens (including phenoxy) is 4. The van der Waals surface area contributed by atoms with Gasteiger partial charge in [-0.3, -0.25) is 4.79 Å². The summed E-state index contributed by atoms with van der Waals surface area (Å²) in [5, 5.41) is 0. The Labute approximate surface area is 166 Å². The Morgan fingerprint density at radius 3 is 2.36 bits per heavy atom. The van der Waals surface area contributed by atoms with E-state index in [1.165, 1.54) is 7.11 Å². The molecule has 7 atom stereocenters. The van der Waals surface area contributed by atoms with E-state index in [9.17, 15) is 9.59 Å². The molecule has 0 aromatic carbocycles. The van der Waals surface area contributed by atoms with Crippen molar-refractivity contribution >= 4 is 11.9 Å². The SMILES string of the molecule is C=C1C(=O)O[C@]2(C)CC[C@@H]1C[C@@H]1O[C@@]1(C)CC[C@H](C(=O)OC)[C@@]1(C)CC[C@@H]2O1. The van der Waals surface area contributed by atoms with Crippen LogP contribution >= 0.6 is 0 Å². The zero-order valence-corrected chi connectivity index (χ0v) is 17.4. The molecule has 4 aliphatic heterocycles. The van der Waals surface area contributed by atoms with Crippen LogP contribution in [0.1, 0.15) is 65.7 Å². The largest absolute Gasteiger partial charge is 0.469 e. The molecule has 4 fully saturated rings. The lowest BCUT2D eigenvalue weighted by atomic mass is 9.79. The first-order valence-electron chi connectivity index (χ1n) is 10.5. The molecule has 0 radical (unpaired) electrons. The second kappa shape index (κ2) is 6.56. The van der Waals surface area contributed by atoms with Gasteiger partial charge in [-0.15, -0.1) is 0 Å². The molecule has 0 spiro atoms. The first-order valence-corrected chi connectivity index (χ1v) is 10.5. The quantitative estimate of drug-likeness (QED) is 0.387. The van der Waals surface area contributed by atoms with Crippen molar-refractivity contribution in [1.82, 2.24) is 0 Å². The topological polar surface area (TPSA) is 74.4 Å². The van der Waals surface area contributed by atoms with E-state index in [2.05, 4.69) is 13.5 Å². The van der Waals surface area contributed by atoms with Gasteiger partial charge in [-0.2, -0.15) is 0 Å². The van der Waals surface area contributed by atoms with Crippen LogP contribution in [0.25, 0.3) is 0 Å². The summed E-state index contributed by atoms with van der Waals surface area (Å²) in [5.74, 6) is -0.869. The van der Waals surface area contributed by atoms with Gasteiger partial charge in [0, 0.05) is 5.57 Å². The van der Waals surface area contributed by atoms with Gasteiger partial charge in [-0.05, 0) is 71.6 Å². The lowest BCUT2D eigenvalue weighted by Crippen LogP contribution is -2.47. The van der Waals surface area contributed by atoms with Crippen molar-refractivity contribution < 1.29 is 28.5 Å². The van der Waals surface area contributed by atoms with Gasteiger partial charge in [0.15, 0.2) is 0 Å². The molecule has 4 heterocycles. The minimum atomic E-state index is -0.713. The minimum absolute atomic E-state index is 0.0612. The first-order chi connectivity index (χ1) is 13.1. The van der Waals surface area contributed by atoms with Crippen LogP contribution in [-0.2, 0) is 28.5 Å². The second-order valence-electron chi connectivity index (χ2n) is 9.69. The standard InChI is InChI=1S/C22H32O6/c1-13-14-6-9-21(3,28-18(13)23)16-8-11-20(2,26-16)15(19(24)25-5)7-10-22(4)17(12-14)27-22/h14-17H,1,6-12H2,2-5H3/t14-,15-,16+,17+,20-,21-,22+/m1/s1. The predicted molar refractivity (Wildman–Crippen MR) is 102 cm³/mol. The lowest BCUT2D eigenvalue weighted by Gasteiger charge is -2.37. The number of rotatable bonds is 1. The Balaban J connectivity index is 1.70. The number of hydrogen-bond donors (Lipinski definition) is 0. The maximum absolute atomic E-state index is 12.7. The molecule has 28 heavy (non-hydrogen) atoms. The van der Waals surface area contributed by atoms with E-state index in [0.717, 1.165) is 38.5 Å². The average molecular weight is 392 g/mol. The summed E-state index contributed by atoms with van der Waals surface area (Å²) in [5.41, 5.74) is -1.07. The van der Waals surface area contributed by atoms with E-state index in [1.807, 2.05) is 13.8 Å². The van der Waals surface area contributed by atoms with Crippen LogP contribution in [0.4, 0.5) is 0 Å². The van der Waals surface area contributed by atoms with Gasteiger partial charge in [0.1, 0.15) is 5.60 Å². The van der Waals surface area contributed by atoms with Gasteiger partial charge in [-0.25, -0.2) is 4.79 Å². The monoisotopic (exact) mass is 392 g/mol. The van der Waals surface area contributed by atoms with Crippen molar-refractivity contribution in [3.05, 3.63) is 12.2 Å². The number of fused-ring (bicyclic) bond motifs is 7. The molecule has 6 nitrogen and oxygen atoms in total. The Hall–Kier alpha value is -1.40. The van der Waals surface area contributed by atoms with Crippen LogP contribution in [0.3, 0.4) is 0 Å². The Morgan fingerprint density at radius 2 is 1.64 bits per heavy atom. The van der Waals surface area contributed by atoms with E-state index in [-0.39, 0.29) is 41.6 Å². The van der Waals surface area contributed by atoms with Crippen molar-refractivity contribution in [3.63, 3.8) is 0 Å². The molecule has 0 N–H and O–H groups in total. The van der Waals surface area contributed by atoms with Gasteiger partial charge < -0.3 is 18.9 Å². The normalized spacial score (nSPS) is 48.4. The molecule has 0 saturated carbocycles. The fourth-order valence-electron chi connectivity index (χ4n) is 5.48. The molecule has 0 amide bonds. The number of epoxide rings is 1. The minimum Gasteiger partial charge on any atom is -0.469 e. The summed E-state index contributed by atoms with van der Waals surface area (Å²) in [6.07, 6.45) is 5.07.